The van der Waals surface area contributed by atoms with Crippen LogP contribution in [0.25, 0.3) is 0 Å². The Morgan fingerprint density at radius 1 is 1.18 bits per heavy atom. The molecular formula is C14H26N2O. The Labute approximate surface area is 105 Å². The molecule has 3 heterocycles. The molecule has 98 valence electrons. The van der Waals surface area contributed by atoms with Gasteiger partial charge in [0.25, 0.3) is 0 Å². The minimum atomic E-state index is 0.0733. The summed E-state index contributed by atoms with van der Waals surface area (Å²) in [5.74, 6) is 0. The van der Waals surface area contributed by atoms with Crippen molar-refractivity contribution in [2.45, 2.75) is 69.7 Å². The Morgan fingerprint density at radius 3 is 2.88 bits per heavy atom. The topological polar surface area (TPSA) is 24.5 Å². The average Bonchev–Trinajstić information content (AvgIpc) is 2.81. The zero-order chi connectivity index (χ0) is 11.9. The number of ether oxygens (including phenoxy) is 1. The fourth-order valence-electron chi connectivity index (χ4n) is 3.95. The lowest BCUT2D eigenvalue weighted by Crippen LogP contribution is -2.50. The Hall–Kier alpha value is -0.120. The quantitative estimate of drug-likeness (QED) is 0.793. The minimum absolute atomic E-state index is 0.0733. The Kier molecular flexibility index (Phi) is 3.18. The summed E-state index contributed by atoms with van der Waals surface area (Å²) in [5, 5.41) is 3.92. The third-order valence-electron chi connectivity index (χ3n) is 4.75. The molecule has 3 nitrogen and oxygen atoms in total. The molecule has 0 amide bonds. The van der Waals surface area contributed by atoms with E-state index in [1.165, 1.54) is 38.8 Å². The summed E-state index contributed by atoms with van der Waals surface area (Å²) in [6.45, 7) is 8.01. The fraction of sp³-hybridized carbons (Fsp3) is 1.00. The molecule has 3 rings (SSSR count). The van der Waals surface area contributed by atoms with E-state index in [0.717, 1.165) is 25.1 Å². The predicted molar refractivity (Wildman–Crippen MR) is 69.2 cm³/mol. The van der Waals surface area contributed by atoms with Crippen LogP contribution in [0.5, 0.6) is 0 Å². The highest BCUT2D eigenvalue weighted by Gasteiger charge is 2.39. The van der Waals surface area contributed by atoms with E-state index >= 15 is 0 Å². The molecule has 3 aliphatic heterocycles. The number of nitrogens with zero attached hydrogens (tertiary/aromatic N) is 1. The van der Waals surface area contributed by atoms with Gasteiger partial charge in [0.1, 0.15) is 0 Å². The number of fused-ring (bicyclic) bond motifs is 1. The summed E-state index contributed by atoms with van der Waals surface area (Å²) in [6.07, 6.45) is 6.51. The first-order valence-electron chi connectivity index (χ1n) is 7.28. The Balaban J connectivity index is 1.56. The number of nitrogens with one attached hydrogen (secondary N) is 1. The normalized spacial score (nSPS) is 41.6. The van der Waals surface area contributed by atoms with Crippen LogP contribution < -0.4 is 5.32 Å². The van der Waals surface area contributed by atoms with Gasteiger partial charge in [-0.25, -0.2) is 0 Å². The number of hydrogen-bond donors (Lipinski definition) is 1. The largest absolute Gasteiger partial charge is 0.375 e. The SMILES string of the molecule is CC1(C)CC(NC2CCN3CCCC23)CCO1. The third kappa shape index (κ3) is 2.51. The first kappa shape index (κ1) is 11.9. The van der Waals surface area contributed by atoms with Gasteiger partial charge in [0, 0.05) is 31.3 Å². The van der Waals surface area contributed by atoms with Crippen molar-refractivity contribution in [3.63, 3.8) is 0 Å². The van der Waals surface area contributed by atoms with Crippen LogP contribution in [0, 0.1) is 0 Å². The molecule has 0 bridgehead atoms. The van der Waals surface area contributed by atoms with Crippen molar-refractivity contribution in [3.8, 4) is 0 Å². The maximum Gasteiger partial charge on any atom is 0.0641 e. The molecule has 0 spiro atoms. The van der Waals surface area contributed by atoms with Gasteiger partial charge < -0.3 is 10.1 Å². The maximum absolute atomic E-state index is 5.80. The van der Waals surface area contributed by atoms with Crippen molar-refractivity contribution in [2.24, 2.45) is 0 Å². The number of rotatable bonds is 2. The van der Waals surface area contributed by atoms with Crippen LogP contribution in [-0.4, -0.2) is 48.3 Å². The fourth-order valence-corrected chi connectivity index (χ4v) is 3.95. The Morgan fingerprint density at radius 2 is 2.06 bits per heavy atom. The van der Waals surface area contributed by atoms with Gasteiger partial charge in [-0.3, -0.25) is 4.90 Å². The van der Waals surface area contributed by atoms with Crippen LogP contribution in [0.15, 0.2) is 0 Å². The molecule has 3 aliphatic rings. The zero-order valence-electron chi connectivity index (χ0n) is 11.2. The molecule has 0 aromatic carbocycles. The van der Waals surface area contributed by atoms with Crippen molar-refractivity contribution < 1.29 is 4.74 Å². The van der Waals surface area contributed by atoms with Gasteiger partial charge in [0.15, 0.2) is 0 Å². The summed E-state index contributed by atoms with van der Waals surface area (Å²) < 4.78 is 5.80. The van der Waals surface area contributed by atoms with E-state index in [1.807, 2.05) is 0 Å². The summed E-state index contributed by atoms with van der Waals surface area (Å²) in [4.78, 5) is 2.68. The molecule has 0 aromatic rings. The van der Waals surface area contributed by atoms with E-state index in [0.29, 0.717) is 6.04 Å². The molecule has 1 N–H and O–H groups in total. The van der Waals surface area contributed by atoms with Crippen LogP contribution in [0.3, 0.4) is 0 Å². The Bertz CT molecular complexity index is 279. The monoisotopic (exact) mass is 238 g/mol. The number of hydrogen-bond acceptors (Lipinski definition) is 3. The maximum atomic E-state index is 5.80. The first-order valence-corrected chi connectivity index (χ1v) is 7.28. The van der Waals surface area contributed by atoms with Crippen molar-refractivity contribution in [1.29, 1.82) is 0 Å². The molecular weight excluding hydrogens is 212 g/mol. The van der Waals surface area contributed by atoms with Crippen LogP contribution in [0.2, 0.25) is 0 Å². The van der Waals surface area contributed by atoms with E-state index in [9.17, 15) is 0 Å². The average molecular weight is 238 g/mol. The van der Waals surface area contributed by atoms with E-state index < -0.39 is 0 Å². The predicted octanol–water partition coefficient (Wildman–Crippen LogP) is 1.77. The molecule has 3 heteroatoms. The summed E-state index contributed by atoms with van der Waals surface area (Å²) in [5.41, 5.74) is 0.0733. The van der Waals surface area contributed by atoms with Crippen LogP contribution >= 0.6 is 0 Å². The molecule has 0 aliphatic carbocycles. The van der Waals surface area contributed by atoms with Gasteiger partial charge in [-0.1, -0.05) is 0 Å². The van der Waals surface area contributed by atoms with Crippen molar-refractivity contribution in [3.05, 3.63) is 0 Å². The van der Waals surface area contributed by atoms with E-state index in [4.69, 9.17) is 4.74 Å². The molecule has 17 heavy (non-hydrogen) atoms. The van der Waals surface area contributed by atoms with Crippen LogP contribution in [-0.2, 0) is 4.74 Å². The van der Waals surface area contributed by atoms with Crippen LogP contribution in [0.4, 0.5) is 0 Å². The molecule has 3 unspecified atom stereocenters. The smallest absolute Gasteiger partial charge is 0.0641 e. The minimum Gasteiger partial charge on any atom is -0.375 e. The second-order valence-corrected chi connectivity index (χ2v) is 6.61. The van der Waals surface area contributed by atoms with Crippen molar-refractivity contribution in [2.75, 3.05) is 19.7 Å². The summed E-state index contributed by atoms with van der Waals surface area (Å²) >= 11 is 0. The summed E-state index contributed by atoms with van der Waals surface area (Å²) in [7, 11) is 0. The first-order chi connectivity index (χ1) is 8.14. The molecule has 3 saturated heterocycles. The lowest BCUT2D eigenvalue weighted by atomic mass is 9.92. The highest BCUT2D eigenvalue weighted by atomic mass is 16.5. The van der Waals surface area contributed by atoms with Crippen LogP contribution in [0.1, 0.15) is 46.0 Å². The van der Waals surface area contributed by atoms with Gasteiger partial charge in [-0.05, 0) is 52.5 Å². The van der Waals surface area contributed by atoms with Crippen molar-refractivity contribution >= 4 is 0 Å². The van der Waals surface area contributed by atoms with Gasteiger partial charge in [0.05, 0.1) is 5.60 Å². The lowest BCUT2D eigenvalue weighted by Gasteiger charge is -2.38. The summed E-state index contributed by atoms with van der Waals surface area (Å²) in [6, 6.07) is 2.25. The van der Waals surface area contributed by atoms with Gasteiger partial charge in [0.2, 0.25) is 0 Å². The highest BCUT2D eigenvalue weighted by Crippen LogP contribution is 2.30. The van der Waals surface area contributed by atoms with E-state index in [2.05, 4.69) is 24.1 Å². The van der Waals surface area contributed by atoms with E-state index in [1.54, 1.807) is 0 Å². The van der Waals surface area contributed by atoms with Gasteiger partial charge in [-0.15, -0.1) is 0 Å². The second kappa shape index (κ2) is 4.52. The molecule has 0 radical (unpaired) electrons. The van der Waals surface area contributed by atoms with Gasteiger partial charge in [-0.2, -0.15) is 0 Å². The zero-order valence-corrected chi connectivity index (χ0v) is 11.2. The standard InChI is InChI=1S/C14H26N2O/c1-14(2)10-11(6-9-17-14)15-12-5-8-16-7-3-4-13(12)16/h11-13,15H,3-10H2,1-2H3. The lowest BCUT2D eigenvalue weighted by molar-refractivity contribution is -0.0644. The molecule has 3 fully saturated rings. The van der Waals surface area contributed by atoms with Gasteiger partial charge >= 0.3 is 0 Å². The van der Waals surface area contributed by atoms with E-state index in [-0.39, 0.29) is 5.60 Å². The molecule has 0 aromatic heterocycles. The van der Waals surface area contributed by atoms with Crippen molar-refractivity contribution in [1.82, 2.24) is 10.2 Å². The second-order valence-electron chi connectivity index (χ2n) is 6.61. The molecule has 3 atom stereocenters. The molecule has 0 saturated carbocycles. The highest BCUT2D eigenvalue weighted by molar-refractivity contribution is 4.97. The third-order valence-corrected chi connectivity index (χ3v) is 4.75.